The number of fused-ring (bicyclic) bond motifs is 1. The molecular formula is C28H40N4O4S2. The first-order chi connectivity index (χ1) is 18.0. The molecule has 1 saturated heterocycles. The number of sulfonamides is 1. The molecule has 0 saturated carbocycles. The lowest BCUT2D eigenvalue weighted by Crippen LogP contribution is -2.49. The summed E-state index contributed by atoms with van der Waals surface area (Å²) in [4.78, 5) is 9.01. The number of anilines is 1. The van der Waals surface area contributed by atoms with E-state index in [-0.39, 0.29) is 17.8 Å². The zero-order valence-corrected chi connectivity index (χ0v) is 24.4. The second kappa shape index (κ2) is 12.3. The maximum Gasteiger partial charge on any atom is 0.232 e. The van der Waals surface area contributed by atoms with Crippen LogP contribution in [0.2, 0.25) is 0 Å². The number of piperazine rings is 1. The van der Waals surface area contributed by atoms with Gasteiger partial charge in [0.25, 0.3) is 0 Å². The lowest BCUT2D eigenvalue weighted by atomic mass is 9.87. The minimum atomic E-state index is -3.39. The summed E-state index contributed by atoms with van der Waals surface area (Å²) in [6.07, 6.45) is -0.00236. The van der Waals surface area contributed by atoms with Crippen LogP contribution in [-0.2, 0) is 15.4 Å². The fraction of sp³-hybridized carbons (Fsp3) is 0.536. The number of aliphatic hydroxyl groups excluding tert-OH is 1. The Labute approximate surface area is 230 Å². The summed E-state index contributed by atoms with van der Waals surface area (Å²) in [5.74, 6) is 0.814. The van der Waals surface area contributed by atoms with Gasteiger partial charge in [-0.25, -0.2) is 13.4 Å². The number of nitrogens with one attached hydrogen (secondary N) is 1. The fourth-order valence-corrected chi connectivity index (χ4v) is 6.51. The summed E-state index contributed by atoms with van der Waals surface area (Å²) < 4.78 is 34.7. The van der Waals surface area contributed by atoms with Gasteiger partial charge in [-0.3, -0.25) is 9.62 Å². The highest BCUT2D eigenvalue weighted by Gasteiger charge is 2.21. The molecular weight excluding hydrogens is 520 g/mol. The average molecular weight is 561 g/mol. The summed E-state index contributed by atoms with van der Waals surface area (Å²) in [6, 6.07) is 13.5. The minimum Gasteiger partial charge on any atom is -0.491 e. The van der Waals surface area contributed by atoms with Crippen molar-refractivity contribution in [3.63, 3.8) is 0 Å². The van der Waals surface area contributed by atoms with Gasteiger partial charge >= 0.3 is 0 Å². The van der Waals surface area contributed by atoms with Gasteiger partial charge in [0, 0.05) is 44.5 Å². The first-order valence-corrected chi connectivity index (χ1v) is 15.7. The highest BCUT2D eigenvalue weighted by atomic mass is 32.2. The molecule has 208 valence electrons. The van der Waals surface area contributed by atoms with Crippen molar-refractivity contribution in [3.05, 3.63) is 53.0 Å². The molecule has 10 heteroatoms. The molecule has 4 rings (SSSR count). The molecule has 0 spiro atoms. The van der Waals surface area contributed by atoms with E-state index in [2.05, 4.69) is 40.3 Å². The van der Waals surface area contributed by atoms with E-state index in [4.69, 9.17) is 4.74 Å². The second-order valence-electron chi connectivity index (χ2n) is 11.1. The first-order valence-electron chi connectivity index (χ1n) is 13.2. The number of ether oxygens (including phenoxy) is 1. The van der Waals surface area contributed by atoms with Crippen LogP contribution < -0.4 is 9.46 Å². The Morgan fingerprint density at radius 2 is 1.76 bits per heavy atom. The van der Waals surface area contributed by atoms with Gasteiger partial charge < -0.3 is 14.7 Å². The molecule has 1 aliphatic rings. The zero-order chi connectivity index (χ0) is 27.3. The van der Waals surface area contributed by atoms with E-state index in [1.165, 1.54) is 5.56 Å². The van der Waals surface area contributed by atoms with Crippen molar-refractivity contribution in [2.24, 2.45) is 0 Å². The number of thiazole rings is 1. The predicted octanol–water partition coefficient (Wildman–Crippen LogP) is 4.09. The maximum atomic E-state index is 12.5. The Kier molecular flexibility index (Phi) is 9.31. The minimum absolute atomic E-state index is 0.0318. The van der Waals surface area contributed by atoms with Crippen LogP contribution in [0.25, 0.3) is 10.2 Å². The molecule has 1 aromatic heterocycles. The topological polar surface area (TPSA) is 95.0 Å². The Bertz CT molecular complexity index is 1290. The normalized spacial score (nSPS) is 16.6. The molecule has 0 bridgehead atoms. The van der Waals surface area contributed by atoms with E-state index in [0.29, 0.717) is 18.7 Å². The number of nitrogens with zero attached hydrogens (tertiary/aromatic N) is 3. The number of aryl methyl sites for hydroxylation is 1. The van der Waals surface area contributed by atoms with Crippen LogP contribution in [0.15, 0.2) is 42.5 Å². The van der Waals surface area contributed by atoms with Crippen molar-refractivity contribution in [1.82, 2.24) is 14.8 Å². The van der Waals surface area contributed by atoms with Gasteiger partial charge in [0.15, 0.2) is 0 Å². The zero-order valence-electron chi connectivity index (χ0n) is 22.8. The van der Waals surface area contributed by atoms with Gasteiger partial charge in [-0.05, 0) is 55.1 Å². The third-order valence-corrected chi connectivity index (χ3v) is 9.08. The van der Waals surface area contributed by atoms with E-state index in [0.717, 1.165) is 53.7 Å². The Hall–Kier alpha value is -2.24. The number of rotatable bonds is 11. The van der Waals surface area contributed by atoms with Gasteiger partial charge in [-0.1, -0.05) is 32.9 Å². The summed E-state index contributed by atoms with van der Waals surface area (Å²) in [5, 5.41) is 11.5. The standard InChI is InChI=1S/C28H40N4O4S2/c1-21-29-26-18-25(10-11-27(26)37-21)36-20-24(33)19-32-15-13-31(14-16-32)12-5-17-38(34,35)30-23-8-6-22(7-9-23)28(2,3)4/h6-11,18,24,30,33H,5,12-17,19-20H2,1-4H3/t24-/m1/s1. The summed E-state index contributed by atoms with van der Waals surface area (Å²) in [6.45, 7) is 13.3. The average Bonchev–Trinajstić information content (AvgIpc) is 3.22. The van der Waals surface area contributed by atoms with Crippen molar-refractivity contribution in [1.29, 1.82) is 0 Å². The van der Waals surface area contributed by atoms with Crippen molar-refractivity contribution < 1.29 is 18.3 Å². The van der Waals surface area contributed by atoms with Crippen LogP contribution in [0.3, 0.4) is 0 Å². The van der Waals surface area contributed by atoms with E-state index >= 15 is 0 Å². The predicted molar refractivity (Wildman–Crippen MR) is 156 cm³/mol. The maximum absolute atomic E-state index is 12.5. The van der Waals surface area contributed by atoms with Crippen molar-refractivity contribution in [2.75, 3.05) is 56.4 Å². The third-order valence-electron chi connectivity index (χ3n) is 6.75. The number of hydrogen-bond acceptors (Lipinski definition) is 8. The van der Waals surface area contributed by atoms with Crippen LogP contribution in [0.5, 0.6) is 5.75 Å². The molecule has 1 aliphatic heterocycles. The van der Waals surface area contributed by atoms with E-state index in [1.807, 2.05) is 49.4 Å². The number of hydrogen-bond donors (Lipinski definition) is 2. The number of β-amino-alcohol motifs (C(OH)–C–C–N with tert-alkyl or cyclic N) is 1. The van der Waals surface area contributed by atoms with Crippen LogP contribution in [-0.4, -0.2) is 86.0 Å². The molecule has 0 amide bonds. The van der Waals surface area contributed by atoms with Crippen molar-refractivity contribution in [2.45, 2.75) is 45.6 Å². The molecule has 2 N–H and O–H groups in total. The molecule has 0 unspecified atom stereocenters. The number of benzene rings is 2. The van der Waals surface area contributed by atoms with Crippen LogP contribution >= 0.6 is 11.3 Å². The van der Waals surface area contributed by atoms with Gasteiger partial charge in [0.1, 0.15) is 18.5 Å². The van der Waals surface area contributed by atoms with Crippen molar-refractivity contribution in [3.8, 4) is 5.75 Å². The van der Waals surface area contributed by atoms with Crippen molar-refractivity contribution >= 4 is 37.3 Å². The third kappa shape index (κ3) is 8.38. The quantitative estimate of drug-likeness (QED) is 0.365. The molecule has 2 heterocycles. The molecule has 0 aliphatic carbocycles. The lowest BCUT2D eigenvalue weighted by Gasteiger charge is -2.35. The van der Waals surface area contributed by atoms with Gasteiger partial charge in [-0.2, -0.15) is 0 Å². The van der Waals surface area contributed by atoms with Crippen LogP contribution in [0.1, 0.15) is 37.8 Å². The highest BCUT2D eigenvalue weighted by Crippen LogP contribution is 2.26. The highest BCUT2D eigenvalue weighted by molar-refractivity contribution is 7.92. The molecule has 2 aromatic carbocycles. The molecule has 1 fully saturated rings. The molecule has 8 nitrogen and oxygen atoms in total. The first kappa shape index (κ1) is 28.8. The molecule has 38 heavy (non-hydrogen) atoms. The second-order valence-corrected chi connectivity index (χ2v) is 14.1. The summed E-state index contributed by atoms with van der Waals surface area (Å²) in [5.41, 5.74) is 2.73. The Morgan fingerprint density at radius 3 is 2.45 bits per heavy atom. The Balaban J connectivity index is 1.12. The van der Waals surface area contributed by atoms with Crippen LogP contribution in [0, 0.1) is 6.92 Å². The molecule has 3 aromatic rings. The Morgan fingerprint density at radius 1 is 1.08 bits per heavy atom. The van der Waals surface area contributed by atoms with E-state index < -0.39 is 16.1 Å². The van der Waals surface area contributed by atoms with Crippen LogP contribution in [0.4, 0.5) is 5.69 Å². The summed E-state index contributed by atoms with van der Waals surface area (Å²) in [7, 11) is -3.39. The summed E-state index contributed by atoms with van der Waals surface area (Å²) >= 11 is 1.66. The van der Waals surface area contributed by atoms with Gasteiger partial charge in [-0.15, -0.1) is 11.3 Å². The SMILES string of the molecule is Cc1nc2cc(OC[C@H](O)CN3CCN(CCCS(=O)(=O)Nc4ccc(C(C)(C)C)cc4)CC3)ccc2s1. The molecule has 0 radical (unpaired) electrons. The monoisotopic (exact) mass is 560 g/mol. The largest absolute Gasteiger partial charge is 0.491 e. The molecule has 1 atom stereocenters. The fourth-order valence-electron chi connectivity index (χ4n) is 4.60. The number of aromatic nitrogens is 1. The smallest absolute Gasteiger partial charge is 0.232 e. The lowest BCUT2D eigenvalue weighted by molar-refractivity contribution is 0.0462. The number of aliphatic hydroxyl groups is 1. The van der Waals surface area contributed by atoms with E-state index in [1.54, 1.807) is 11.3 Å². The van der Waals surface area contributed by atoms with E-state index in [9.17, 15) is 13.5 Å². The van der Waals surface area contributed by atoms with Gasteiger partial charge in [0.2, 0.25) is 10.0 Å². The van der Waals surface area contributed by atoms with Gasteiger partial charge in [0.05, 0.1) is 21.0 Å².